The lowest BCUT2D eigenvalue weighted by atomic mass is 10.0. The SMILES string of the molecule is c1ccc2c(c1)ccc1nc3cnc4ccccc4c3cc12. The van der Waals surface area contributed by atoms with Gasteiger partial charge in [0.1, 0.15) is 0 Å². The Labute approximate surface area is 127 Å². The average molecular weight is 280 g/mol. The fourth-order valence-electron chi connectivity index (χ4n) is 3.20. The first-order chi connectivity index (χ1) is 10.9. The van der Waals surface area contributed by atoms with Gasteiger partial charge in [-0.05, 0) is 29.0 Å². The van der Waals surface area contributed by atoms with E-state index < -0.39 is 0 Å². The Kier molecular flexibility index (Phi) is 2.25. The molecule has 0 amide bonds. The zero-order valence-corrected chi connectivity index (χ0v) is 11.8. The van der Waals surface area contributed by atoms with E-state index in [0.29, 0.717) is 0 Å². The molecule has 2 nitrogen and oxygen atoms in total. The smallest absolute Gasteiger partial charge is 0.0899 e. The van der Waals surface area contributed by atoms with Gasteiger partial charge in [0, 0.05) is 16.2 Å². The number of pyridine rings is 2. The fourth-order valence-corrected chi connectivity index (χ4v) is 3.20. The monoisotopic (exact) mass is 280 g/mol. The standard InChI is InChI=1S/C20H12N2/c1-2-6-14-13(5-1)9-10-19-16(14)11-17-15-7-3-4-8-18(15)21-12-20(17)22-19/h1-12H. The van der Waals surface area contributed by atoms with Crippen LogP contribution in [0, 0.1) is 0 Å². The van der Waals surface area contributed by atoms with Crippen LogP contribution in [0.1, 0.15) is 0 Å². The van der Waals surface area contributed by atoms with Gasteiger partial charge >= 0.3 is 0 Å². The predicted octanol–water partition coefficient (Wildman–Crippen LogP) is 5.09. The lowest BCUT2D eigenvalue weighted by molar-refractivity contribution is 1.40. The molecule has 0 spiro atoms. The van der Waals surface area contributed by atoms with Crippen molar-refractivity contribution in [1.29, 1.82) is 0 Å². The van der Waals surface area contributed by atoms with E-state index in [2.05, 4.69) is 59.6 Å². The normalized spacial score (nSPS) is 11.6. The number of hydrogen-bond acceptors (Lipinski definition) is 2. The molecule has 0 fully saturated rings. The Balaban J connectivity index is 2.05. The highest BCUT2D eigenvalue weighted by molar-refractivity contribution is 6.14. The summed E-state index contributed by atoms with van der Waals surface area (Å²) in [5, 5.41) is 6.00. The molecule has 2 heteroatoms. The summed E-state index contributed by atoms with van der Waals surface area (Å²) in [6, 6.07) is 23.2. The van der Waals surface area contributed by atoms with Crippen LogP contribution in [0.5, 0.6) is 0 Å². The minimum Gasteiger partial charge on any atom is -0.254 e. The maximum atomic E-state index is 4.82. The van der Waals surface area contributed by atoms with Crippen LogP contribution >= 0.6 is 0 Å². The molecule has 3 aromatic carbocycles. The Morgan fingerprint density at radius 3 is 2.27 bits per heavy atom. The van der Waals surface area contributed by atoms with Gasteiger partial charge in [0.05, 0.1) is 22.7 Å². The van der Waals surface area contributed by atoms with Crippen molar-refractivity contribution in [2.45, 2.75) is 0 Å². The van der Waals surface area contributed by atoms with Crippen LogP contribution in [0.3, 0.4) is 0 Å². The molecule has 5 aromatic rings. The van der Waals surface area contributed by atoms with E-state index in [0.717, 1.165) is 27.3 Å². The van der Waals surface area contributed by atoms with Crippen molar-refractivity contribution in [3.8, 4) is 0 Å². The van der Waals surface area contributed by atoms with E-state index in [1.54, 1.807) is 0 Å². The molecule has 0 aliphatic carbocycles. The lowest BCUT2D eigenvalue weighted by Crippen LogP contribution is -1.87. The van der Waals surface area contributed by atoms with Gasteiger partial charge in [-0.1, -0.05) is 48.5 Å². The van der Waals surface area contributed by atoms with Gasteiger partial charge in [-0.25, -0.2) is 4.98 Å². The van der Waals surface area contributed by atoms with Crippen molar-refractivity contribution in [2.24, 2.45) is 0 Å². The number of nitrogens with zero attached hydrogens (tertiary/aromatic N) is 2. The van der Waals surface area contributed by atoms with Crippen molar-refractivity contribution in [3.05, 3.63) is 72.9 Å². The third-order valence-corrected chi connectivity index (χ3v) is 4.27. The quantitative estimate of drug-likeness (QED) is 0.292. The van der Waals surface area contributed by atoms with Gasteiger partial charge in [0.25, 0.3) is 0 Å². The fraction of sp³-hybridized carbons (Fsp3) is 0. The van der Waals surface area contributed by atoms with E-state index in [9.17, 15) is 0 Å². The van der Waals surface area contributed by atoms with Gasteiger partial charge in [0.15, 0.2) is 0 Å². The van der Waals surface area contributed by atoms with Crippen LogP contribution in [-0.2, 0) is 0 Å². The minimum atomic E-state index is 0.946. The summed E-state index contributed by atoms with van der Waals surface area (Å²) in [7, 11) is 0. The van der Waals surface area contributed by atoms with Crippen LogP contribution < -0.4 is 0 Å². The highest BCUT2D eigenvalue weighted by Gasteiger charge is 2.07. The molecule has 102 valence electrons. The zero-order chi connectivity index (χ0) is 14.5. The second-order valence-corrected chi connectivity index (χ2v) is 5.55. The summed E-state index contributed by atoms with van der Waals surface area (Å²) in [5.41, 5.74) is 2.97. The lowest BCUT2D eigenvalue weighted by Gasteiger charge is -2.07. The molecule has 0 saturated heterocycles. The van der Waals surface area contributed by atoms with Gasteiger partial charge < -0.3 is 0 Å². The van der Waals surface area contributed by atoms with Gasteiger partial charge in [0.2, 0.25) is 0 Å². The summed E-state index contributed by atoms with van der Waals surface area (Å²) >= 11 is 0. The van der Waals surface area contributed by atoms with E-state index in [1.807, 2.05) is 18.3 Å². The number of benzene rings is 3. The summed E-state index contributed by atoms with van der Waals surface area (Å²) in [6.07, 6.45) is 1.87. The summed E-state index contributed by atoms with van der Waals surface area (Å²) < 4.78 is 0. The number of aromatic nitrogens is 2. The van der Waals surface area contributed by atoms with Crippen LogP contribution in [0.4, 0.5) is 0 Å². The van der Waals surface area contributed by atoms with Crippen LogP contribution in [0.15, 0.2) is 72.9 Å². The first kappa shape index (κ1) is 11.6. The Bertz CT molecular complexity index is 1080. The topological polar surface area (TPSA) is 25.8 Å². The minimum absolute atomic E-state index is 0.946. The van der Waals surface area contributed by atoms with E-state index >= 15 is 0 Å². The molecule has 0 N–H and O–H groups in total. The number of para-hydroxylation sites is 1. The van der Waals surface area contributed by atoms with Crippen molar-refractivity contribution in [2.75, 3.05) is 0 Å². The molecular weight excluding hydrogens is 268 g/mol. The van der Waals surface area contributed by atoms with Gasteiger partial charge in [-0.2, -0.15) is 0 Å². The van der Waals surface area contributed by atoms with E-state index in [1.165, 1.54) is 16.2 Å². The van der Waals surface area contributed by atoms with Crippen LogP contribution in [-0.4, -0.2) is 9.97 Å². The predicted molar refractivity (Wildman–Crippen MR) is 92.1 cm³/mol. The largest absolute Gasteiger partial charge is 0.254 e. The third kappa shape index (κ3) is 1.55. The molecule has 0 aliphatic heterocycles. The zero-order valence-electron chi connectivity index (χ0n) is 11.8. The average Bonchev–Trinajstić information content (AvgIpc) is 2.60. The molecule has 0 atom stereocenters. The molecule has 5 rings (SSSR count). The molecule has 0 aliphatic rings. The molecule has 0 saturated carbocycles. The number of rotatable bonds is 0. The van der Waals surface area contributed by atoms with E-state index in [-0.39, 0.29) is 0 Å². The number of fused-ring (bicyclic) bond motifs is 6. The van der Waals surface area contributed by atoms with Crippen LogP contribution in [0.25, 0.3) is 43.5 Å². The summed E-state index contributed by atoms with van der Waals surface area (Å²) in [5.74, 6) is 0. The first-order valence-electron chi connectivity index (χ1n) is 7.36. The molecule has 0 bridgehead atoms. The maximum Gasteiger partial charge on any atom is 0.0899 e. The first-order valence-corrected chi connectivity index (χ1v) is 7.36. The summed E-state index contributed by atoms with van der Waals surface area (Å²) in [6.45, 7) is 0. The molecule has 0 radical (unpaired) electrons. The van der Waals surface area contributed by atoms with Crippen LogP contribution in [0.2, 0.25) is 0 Å². The number of hydrogen-bond donors (Lipinski definition) is 0. The molecule has 2 aromatic heterocycles. The van der Waals surface area contributed by atoms with E-state index in [4.69, 9.17) is 4.98 Å². The molecule has 2 heterocycles. The maximum absolute atomic E-state index is 4.82. The molecular formula is C20H12N2. The highest BCUT2D eigenvalue weighted by Crippen LogP contribution is 2.30. The Morgan fingerprint density at radius 1 is 0.545 bits per heavy atom. The second kappa shape index (κ2) is 4.25. The van der Waals surface area contributed by atoms with Gasteiger partial charge in [-0.15, -0.1) is 0 Å². The van der Waals surface area contributed by atoms with Gasteiger partial charge in [-0.3, -0.25) is 4.98 Å². The van der Waals surface area contributed by atoms with Crippen molar-refractivity contribution >= 4 is 43.5 Å². The molecule has 0 unspecified atom stereocenters. The van der Waals surface area contributed by atoms with Crippen molar-refractivity contribution in [3.63, 3.8) is 0 Å². The van der Waals surface area contributed by atoms with Crippen molar-refractivity contribution < 1.29 is 0 Å². The highest BCUT2D eigenvalue weighted by atomic mass is 14.7. The third-order valence-electron chi connectivity index (χ3n) is 4.27. The Hall–Kier alpha value is -3.00. The Morgan fingerprint density at radius 2 is 1.32 bits per heavy atom. The molecule has 22 heavy (non-hydrogen) atoms. The summed E-state index contributed by atoms with van der Waals surface area (Å²) in [4.78, 5) is 9.33. The van der Waals surface area contributed by atoms with Crippen molar-refractivity contribution in [1.82, 2.24) is 9.97 Å². The second-order valence-electron chi connectivity index (χ2n) is 5.55.